The second kappa shape index (κ2) is 10.3. The zero-order chi connectivity index (χ0) is 18.8. The first-order valence-corrected chi connectivity index (χ1v) is 10.8. The zero-order valence-electron chi connectivity index (χ0n) is 15.4. The van der Waals surface area contributed by atoms with Crippen LogP contribution in [-0.2, 0) is 16.5 Å². The molecule has 0 unspecified atom stereocenters. The molecule has 0 bridgehead atoms. The fourth-order valence-electron chi connectivity index (χ4n) is 2.83. The predicted molar refractivity (Wildman–Crippen MR) is 104 cm³/mol. The highest BCUT2D eigenvalue weighted by atomic mass is 32.2. The maximum Gasteiger partial charge on any atom is 0.294 e. The minimum Gasteiger partial charge on any atom is -0.457 e. The van der Waals surface area contributed by atoms with Crippen LogP contribution < -0.4 is 4.74 Å². The van der Waals surface area contributed by atoms with Crippen LogP contribution >= 0.6 is 0 Å². The van der Waals surface area contributed by atoms with Crippen LogP contribution in [0.3, 0.4) is 0 Å². The van der Waals surface area contributed by atoms with Gasteiger partial charge in [-0.3, -0.25) is 4.55 Å². The van der Waals surface area contributed by atoms with Crippen LogP contribution in [0.2, 0.25) is 0 Å². The molecule has 2 rings (SSSR count). The minimum atomic E-state index is -4.17. The summed E-state index contributed by atoms with van der Waals surface area (Å²) in [5.41, 5.74) is 1.30. The summed E-state index contributed by atoms with van der Waals surface area (Å²) in [6.45, 7) is 2.24. The Balaban J connectivity index is 1.77. The number of benzene rings is 2. The Bertz CT molecular complexity index is 750. The van der Waals surface area contributed by atoms with Crippen LogP contribution in [0.4, 0.5) is 0 Å². The van der Waals surface area contributed by atoms with Crippen molar-refractivity contribution in [3.63, 3.8) is 0 Å². The number of hydrogen-bond donors (Lipinski definition) is 1. The lowest BCUT2D eigenvalue weighted by Gasteiger charge is -2.07. The Kier molecular flexibility index (Phi) is 8.13. The van der Waals surface area contributed by atoms with Gasteiger partial charge in [-0.25, -0.2) is 0 Å². The molecular formula is C21H28O4S. The lowest BCUT2D eigenvalue weighted by Crippen LogP contribution is -1.97. The van der Waals surface area contributed by atoms with Gasteiger partial charge in [0.25, 0.3) is 10.1 Å². The summed E-state index contributed by atoms with van der Waals surface area (Å²) in [5.74, 6) is 1.23. The fraction of sp³-hybridized carbons (Fsp3) is 0.429. The predicted octanol–water partition coefficient (Wildman–Crippen LogP) is 6.02. The first-order valence-electron chi connectivity index (χ1n) is 9.33. The Morgan fingerprint density at radius 1 is 0.769 bits per heavy atom. The van der Waals surface area contributed by atoms with Crippen LogP contribution in [0.15, 0.2) is 53.4 Å². The summed E-state index contributed by atoms with van der Waals surface area (Å²) in [5, 5.41) is 0. The molecule has 0 amide bonds. The normalized spacial score (nSPS) is 11.5. The molecule has 0 fully saturated rings. The average Bonchev–Trinajstić information content (AvgIpc) is 2.62. The van der Waals surface area contributed by atoms with Gasteiger partial charge in [-0.1, -0.05) is 57.6 Å². The van der Waals surface area contributed by atoms with Crippen molar-refractivity contribution < 1.29 is 17.7 Å². The maximum absolute atomic E-state index is 11.0. The lowest BCUT2D eigenvalue weighted by molar-refractivity contribution is 0.478. The molecule has 0 saturated carbocycles. The Hall–Kier alpha value is -1.85. The molecule has 0 atom stereocenters. The number of ether oxygens (including phenoxy) is 1. The van der Waals surface area contributed by atoms with Gasteiger partial charge in [0, 0.05) is 0 Å². The Labute approximate surface area is 157 Å². The zero-order valence-corrected chi connectivity index (χ0v) is 16.2. The van der Waals surface area contributed by atoms with E-state index in [1.54, 1.807) is 0 Å². The third kappa shape index (κ3) is 7.18. The first kappa shape index (κ1) is 20.5. The van der Waals surface area contributed by atoms with E-state index >= 15 is 0 Å². The molecule has 0 heterocycles. The van der Waals surface area contributed by atoms with Gasteiger partial charge >= 0.3 is 0 Å². The summed E-state index contributed by atoms with van der Waals surface area (Å²) >= 11 is 0. The van der Waals surface area contributed by atoms with Crippen molar-refractivity contribution in [1.29, 1.82) is 0 Å². The molecule has 0 spiro atoms. The van der Waals surface area contributed by atoms with Crippen molar-refractivity contribution >= 4 is 10.1 Å². The Morgan fingerprint density at radius 3 is 1.81 bits per heavy atom. The second-order valence-corrected chi connectivity index (χ2v) is 7.99. The van der Waals surface area contributed by atoms with Crippen molar-refractivity contribution in [2.45, 2.75) is 63.2 Å². The van der Waals surface area contributed by atoms with E-state index in [4.69, 9.17) is 9.29 Å². The largest absolute Gasteiger partial charge is 0.457 e. The summed E-state index contributed by atoms with van der Waals surface area (Å²) in [4.78, 5) is -0.144. The number of rotatable bonds is 11. The smallest absolute Gasteiger partial charge is 0.294 e. The number of hydrogen-bond acceptors (Lipinski definition) is 3. The van der Waals surface area contributed by atoms with Gasteiger partial charge in [0.2, 0.25) is 0 Å². The molecular weight excluding hydrogens is 348 g/mol. The molecule has 0 aliphatic carbocycles. The van der Waals surface area contributed by atoms with Crippen molar-refractivity contribution in [2.24, 2.45) is 0 Å². The third-order valence-electron chi connectivity index (χ3n) is 4.35. The molecule has 0 aromatic heterocycles. The molecule has 26 heavy (non-hydrogen) atoms. The molecule has 4 nitrogen and oxygen atoms in total. The van der Waals surface area contributed by atoms with Crippen LogP contribution in [0, 0.1) is 0 Å². The van der Waals surface area contributed by atoms with E-state index in [1.807, 2.05) is 12.1 Å². The molecule has 0 saturated heterocycles. The Morgan fingerprint density at radius 2 is 1.27 bits per heavy atom. The lowest BCUT2D eigenvalue weighted by atomic mass is 10.0. The summed E-state index contributed by atoms with van der Waals surface area (Å²) in [7, 11) is -4.17. The van der Waals surface area contributed by atoms with Crippen molar-refractivity contribution in [3.05, 3.63) is 54.1 Å². The average molecular weight is 377 g/mol. The molecule has 0 aliphatic rings. The van der Waals surface area contributed by atoms with E-state index in [0.717, 1.165) is 6.42 Å². The van der Waals surface area contributed by atoms with Crippen LogP contribution in [0.5, 0.6) is 11.5 Å². The molecule has 2 aromatic carbocycles. The molecule has 2 aromatic rings. The first-order chi connectivity index (χ1) is 12.5. The topological polar surface area (TPSA) is 63.6 Å². The fourth-order valence-corrected chi connectivity index (χ4v) is 3.31. The molecule has 142 valence electrons. The van der Waals surface area contributed by atoms with Gasteiger partial charge in [0.15, 0.2) is 0 Å². The summed E-state index contributed by atoms with van der Waals surface area (Å²) < 4.78 is 36.7. The van der Waals surface area contributed by atoms with Crippen molar-refractivity contribution in [2.75, 3.05) is 0 Å². The summed E-state index contributed by atoms with van der Waals surface area (Å²) in [6, 6.07) is 13.7. The van der Waals surface area contributed by atoms with Crippen molar-refractivity contribution in [3.8, 4) is 11.5 Å². The van der Waals surface area contributed by atoms with E-state index in [2.05, 4.69) is 19.1 Å². The molecule has 0 aliphatic heterocycles. The highest BCUT2D eigenvalue weighted by molar-refractivity contribution is 7.85. The quantitative estimate of drug-likeness (QED) is 0.385. The SMILES string of the molecule is CCCCCCCCCc1ccc(Oc2ccc(S(=O)(=O)O)cc2)cc1. The van der Waals surface area contributed by atoms with Gasteiger partial charge in [0.1, 0.15) is 11.5 Å². The summed E-state index contributed by atoms with van der Waals surface area (Å²) in [6.07, 6.45) is 10.2. The van der Waals surface area contributed by atoms with E-state index in [1.165, 1.54) is 74.8 Å². The highest BCUT2D eigenvalue weighted by Gasteiger charge is 2.09. The molecule has 1 N–H and O–H groups in total. The van der Waals surface area contributed by atoms with Gasteiger partial charge < -0.3 is 4.74 Å². The standard InChI is InChI=1S/C21H28O4S/c1-2-3-4-5-6-7-8-9-18-10-12-19(13-11-18)25-20-14-16-21(17-15-20)26(22,23)24/h10-17H,2-9H2,1H3,(H,22,23,24). The third-order valence-corrected chi connectivity index (χ3v) is 5.22. The molecule has 5 heteroatoms. The highest BCUT2D eigenvalue weighted by Crippen LogP contribution is 2.23. The van der Waals surface area contributed by atoms with Gasteiger partial charge in [-0.15, -0.1) is 0 Å². The second-order valence-electron chi connectivity index (χ2n) is 6.56. The van der Waals surface area contributed by atoms with E-state index in [-0.39, 0.29) is 4.90 Å². The monoisotopic (exact) mass is 376 g/mol. The van der Waals surface area contributed by atoms with Crippen LogP contribution in [0.25, 0.3) is 0 Å². The number of unbranched alkanes of at least 4 members (excludes halogenated alkanes) is 6. The van der Waals surface area contributed by atoms with E-state index in [0.29, 0.717) is 11.5 Å². The van der Waals surface area contributed by atoms with Crippen LogP contribution in [-0.4, -0.2) is 13.0 Å². The maximum atomic E-state index is 11.0. The minimum absolute atomic E-state index is 0.144. The molecule has 0 radical (unpaired) electrons. The van der Waals surface area contributed by atoms with Gasteiger partial charge in [-0.05, 0) is 54.8 Å². The number of aryl methyl sites for hydroxylation is 1. The van der Waals surface area contributed by atoms with Crippen LogP contribution in [0.1, 0.15) is 57.4 Å². The van der Waals surface area contributed by atoms with E-state index < -0.39 is 10.1 Å². The van der Waals surface area contributed by atoms with Gasteiger partial charge in [0.05, 0.1) is 4.90 Å². The van der Waals surface area contributed by atoms with Gasteiger partial charge in [-0.2, -0.15) is 8.42 Å². The van der Waals surface area contributed by atoms with E-state index in [9.17, 15) is 8.42 Å². The van der Waals surface area contributed by atoms with Crippen molar-refractivity contribution in [1.82, 2.24) is 0 Å².